The molecule has 1 saturated heterocycles. The van der Waals surface area contributed by atoms with Gasteiger partial charge in [0, 0.05) is 37.2 Å². The molecule has 144 valence electrons. The minimum Gasteiger partial charge on any atom is -0.348 e. The third-order valence-electron chi connectivity index (χ3n) is 4.94. The van der Waals surface area contributed by atoms with Gasteiger partial charge in [-0.15, -0.1) is 0 Å². The Morgan fingerprint density at radius 1 is 1.11 bits per heavy atom. The number of nitrogens with zero attached hydrogens (tertiary/aromatic N) is 4. The number of fused-ring (bicyclic) bond motifs is 1. The van der Waals surface area contributed by atoms with Gasteiger partial charge in [0.15, 0.2) is 0 Å². The molecule has 0 spiro atoms. The van der Waals surface area contributed by atoms with E-state index in [1.54, 1.807) is 34.7 Å². The van der Waals surface area contributed by atoms with E-state index in [-0.39, 0.29) is 18.0 Å². The molecule has 0 saturated carbocycles. The molecule has 0 radical (unpaired) electrons. The average molecular weight is 378 g/mol. The molecule has 8 heteroatoms. The van der Waals surface area contributed by atoms with Crippen LogP contribution in [0.1, 0.15) is 29.0 Å². The summed E-state index contributed by atoms with van der Waals surface area (Å²) in [5, 5.41) is 5.98. The molecule has 1 aliphatic rings. The first-order valence-corrected chi connectivity index (χ1v) is 9.33. The minimum atomic E-state index is -0.162. The van der Waals surface area contributed by atoms with Crippen molar-refractivity contribution in [1.29, 1.82) is 0 Å². The molecule has 0 unspecified atom stereocenters. The summed E-state index contributed by atoms with van der Waals surface area (Å²) in [6.45, 7) is 2.99. The van der Waals surface area contributed by atoms with Crippen LogP contribution in [0.25, 0.3) is 5.78 Å². The van der Waals surface area contributed by atoms with Crippen molar-refractivity contribution in [1.82, 2.24) is 24.6 Å². The fourth-order valence-corrected chi connectivity index (χ4v) is 3.48. The summed E-state index contributed by atoms with van der Waals surface area (Å²) in [6.07, 6.45) is 4.86. The molecule has 4 rings (SSSR count). The van der Waals surface area contributed by atoms with E-state index in [2.05, 4.69) is 20.6 Å². The van der Waals surface area contributed by atoms with Gasteiger partial charge in [-0.3, -0.25) is 9.20 Å². The number of hydrogen-bond acceptors (Lipinski definition) is 4. The van der Waals surface area contributed by atoms with Crippen LogP contribution in [-0.4, -0.2) is 50.3 Å². The van der Waals surface area contributed by atoms with Crippen molar-refractivity contribution in [3.63, 3.8) is 0 Å². The van der Waals surface area contributed by atoms with Crippen molar-refractivity contribution in [2.75, 3.05) is 18.4 Å². The first-order chi connectivity index (χ1) is 13.6. The van der Waals surface area contributed by atoms with Gasteiger partial charge in [-0.1, -0.05) is 18.2 Å². The number of para-hydroxylation sites is 1. The summed E-state index contributed by atoms with van der Waals surface area (Å²) in [6, 6.07) is 11.1. The van der Waals surface area contributed by atoms with E-state index in [1.165, 1.54) is 0 Å². The number of benzene rings is 1. The molecule has 2 N–H and O–H groups in total. The number of rotatable bonds is 3. The SMILES string of the molecule is Cc1nc2ncccn2c1C(=O)NC1CCN(C(=O)Nc2ccccc2)CC1. The van der Waals surface area contributed by atoms with Crippen molar-refractivity contribution >= 4 is 23.4 Å². The molecule has 2 aromatic heterocycles. The zero-order chi connectivity index (χ0) is 19.5. The molecule has 0 atom stereocenters. The van der Waals surface area contributed by atoms with Gasteiger partial charge in [0.05, 0.1) is 5.69 Å². The quantitative estimate of drug-likeness (QED) is 0.732. The Morgan fingerprint density at radius 3 is 2.61 bits per heavy atom. The zero-order valence-corrected chi connectivity index (χ0v) is 15.6. The topological polar surface area (TPSA) is 91.6 Å². The fraction of sp³-hybridized carbons (Fsp3) is 0.300. The standard InChI is InChI=1S/C20H22N6O2/c1-14-17(26-11-5-10-21-19(26)22-14)18(27)23-16-8-12-25(13-9-16)20(28)24-15-6-3-2-4-7-15/h2-7,10-11,16H,8-9,12-13H2,1H3,(H,23,27)(H,24,28). The predicted octanol–water partition coefficient (Wildman–Crippen LogP) is 2.46. The van der Waals surface area contributed by atoms with Gasteiger partial charge in [-0.2, -0.15) is 0 Å². The highest BCUT2D eigenvalue weighted by atomic mass is 16.2. The van der Waals surface area contributed by atoms with Gasteiger partial charge >= 0.3 is 6.03 Å². The largest absolute Gasteiger partial charge is 0.348 e. The Balaban J connectivity index is 1.34. The molecule has 1 fully saturated rings. The van der Waals surface area contributed by atoms with Gasteiger partial charge < -0.3 is 15.5 Å². The number of amides is 3. The van der Waals surface area contributed by atoms with E-state index >= 15 is 0 Å². The Kier molecular flexibility index (Phi) is 4.92. The zero-order valence-electron chi connectivity index (χ0n) is 15.6. The summed E-state index contributed by atoms with van der Waals surface area (Å²) in [7, 11) is 0. The molecular weight excluding hydrogens is 356 g/mol. The molecule has 3 amide bonds. The fourth-order valence-electron chi connectivity index (χ4n) is 3.48. The second kappa shape index (κ2) is 7.67. The maximum atomic E-state index is 12.8. The van der Waals surface area contributed by atoms with Crippen LogP contribution in [0.5, 0.6) is 0 Å². The highest BCUT2D eigenvalue weighted by molar-refractivity contribution is 5.94. The van der Waals surface area contributed by atoms with Crippen LogP contribution >= 0.6 is 0 Å². The number of carbonyl (C=O) groups excluding carboxylic acids is 2. The maximum Gasteiger partial charge on any atom is 0.321 e. The highest BCUT2D eigenvalue weighted by Gasteiger charge is 2.26. The van der Waals surface area contributed by atoms with E-state index in [4.69, 9.17) is 0 Å². The third kappa shape index (κ3) is 3.66. The van der Waals surface area contributed by atoms with Crippen LogP contribution in [0.4, 0.5) is 10.5 Å². The van der Waals surface area contributed by atoms with Gasteiger partial charge in [0.25, 0.3) is 5.91 Å². The molecule has 1 aliphatic heterocycles. The van der Waals surface area contributed by atoms with Crippen molar-refractivity contribution < 1.29 is 9.59 Å². The molecule has 0 bridgehead atoms. The van der Waals surface area contributed by atoms with Crippen LogP contribution in [-0.2, 0) is 0 Å². The lowest BCUT2D eigenvalue weighted by Gasteiger charge is -2.32. The summed E-state index contributed by atoms with van der Waals surface area (Å²) in [5.41, 5.74) is 1.93. The summed E-state index contributed by atoms with van der Waals surface area (Å²) < 4.78 is 1.70. The first-order valence-electron chi connectivity index (χ1n) is 9.33. The summed E-state index contributed by atoms with van der Waals surface area (Å²) >= 11 is 0. The number of aromatic nitrogens is 3. The Labute approximate surface area is 162 Å². The molecule has 0 aliphatic carbocycles. The molecule has 3 aromatic rings. The number of piperidine rings is 1. The maximum absolute atomic E-state index is 12.8. The molecule has 28 heavy (non-hydrogen) atoms. The summed E-state index contributed by atoms with van der Waals surface area (Å²) in [5.74, 6) is 0.350. The Bertz CT molecular complexity index is 992. The highest BCUT2D eigenvalue weighted by Crippen LogP contribution is 2.15. The van der Waals surface area contributed by atoms with Gasteiger partial charge in [-0.05, 0) is 38.0 Å². The average Bonchev–Trinajstić information content (AvgIpc) is 3.05. The normalized spacial score (nSPS) is 14.8. The lowest BCUT2D eigenvalue weighted by atomic mass is 10.1. The van der Waals surface area contributed by atoms with Crippen LogP contribution in [0.3, 0.4) is 0 Å². The molecule has 1 aromatic carbocycles. The second-order valence-electron chi connectivity index (χ2n) is 6.87. The van der Waals surface area contributed by atoms with Crippen molar-refractivity contribution in [2.24, 2.45) is 0 Å². The third-order valence-corrected chi connectivity index (χ3v) is 4.94. The second-order valence-corrected chi connectivity index (χ2v) is 6.87. The Morgan fingerprint density at radius 2 is 1.86 bits per heavy atom. The first kappa shape index (κ1) is 18.0. The number of urea groups is 1. The van der Waals surface area contributed by atoms with Crippen LogP contribution in [0.2, 0.25) is 0 Å². The van der Waals surface area contributed by atoms with E-state index in [0.29, 0.717) is 43.1 Å². The number of anilines is 1. The van der Waals surface area contributed by atoms with E-state index < -0.39 is 0 Å². The number of aryl methyl sites for hydroxylation is 1. The van der Waals surface area contributed by atoms with E-state index in [9.17, 15) is 9.59 Å². The van der Waals surface area contributed by atoms with Crippen molar-refractivity contribution in [3.8, 4) is 0 Å². The van der Waals surface area contributed by atoms with Gasteiger partial charge in [0.2, 0.25) is 5.78 Å². The number of carbonyl (C=O) groups is 2. The summed E-state index contributed by atoms with van der Waals surface area (Å²) in [4.78, 5) is 35.4. The smallest absolute Gasteiger partial charge is 0.321 e. The number of likely N-dealkylation sites (tertiary alicyclic amines) is 1. The lowest BCUT2D eigenvalue weighted by molar-refractivity contribution is 0.0912. The number of hydrogen-bond donors (Lipinski definition) is 2. The minimum absolute atomic E-state index is 0.0231. The van der Waals surface area contributed by atoms with E-state index in [1.807, 2.05) is 30.3 Å². The van der Waals surface area contributed by atoms with E-state index in [0.717, 1.165) is 5.69 Å². The number of imidazole rings is 1. The molecular formula is C20H22N6O2. The van der Waals surface area contributed by atoms with Crippen LogP contribution in [0, 0.1) is 6.92 Å². The van der Waals surface area contributed by atoms with Gasteiger partial charge in [0.1, 0.15) is 5.69 Å². The Hall–Kier alpha value is -3.42. The number of nitrogens with one attached hydrogen (secondary N) is 2. The van der Waals surface area contributed by atoms with Crippen molar-refractivity contribution in [2.45, 2.75) is 25.8 Å². The van der Waals surface area contributed by atoms with Gasteiger partial charge in [-0.25, -0.2) is 14.8 Å². The molecule has 8 nitrogen and oxygen atoms in total. The van der Waals surface area contributed by atoms with Crippen LogP contribution < -0.4 is 10.6 Å². The lowest BCUT2D eigenvalue weighted by Crippen LogP contribution is -2.48. The molecule has 3 heterocycles. The predicted molar refractivity (Wildman–Crippen MR) is 105 cm³/mol. The van der Waals surface area contributed by atoms with Crippen LogP contribution in [0.15, 0.2) is 48.8 Å². The monoisotopic (exact) mass is 378 g/mol. The van der Waals surface area contributed by atoms with Crippen molar-refractivity contribution in [3.05, 3.63) is 60.2 Å².